The molecule has 0 aromatic carbocycles. The van der Waals surface area contributed by atoms with Gasteiger partial charge in [-0.2, -0.15) is 0 Å². The van der Waals surface area contributed by atoms with Crippen molar-refractivity contribution >= 4 is 5.91 Å². The van der Waals surface area contributed by atoms with Gasteiger partial charge in [0, 0.05) is 20.3 Å². The quantitative estimate of drug-likeness (QED) is 0.707. The molecule has 2 saturated carbocycles. The predicted octanol–water partition coefficient (Wildman–Crippen LogP) is 2.61. The lowest BCUT2D eigenvalue weighted by Crippen LogP contribution is -2.60. The topological polar surface area (TPSA) is 38.8 Å². The number of hydrogen-bond donors (Lipinski definition) is 0. The van der Waals surface area contributed by atoms with E-state index in [1.165, 1.54) is 19.3 Å². The highest BCUT2D eigenvalue weighted by Crippen LogP contribution is 2.39. The van der Waals surface area contributed by atoms with E-state index in [0.29, 0.717) is 12.0 Å². The average Bonchev–Trinajstić information content (AvgIpc) is 3.27. The van der Waals surface area contributed by atoms with E-state index in [4.69, 9.17) is 9.47 Å². The Hall–Kier alpha value is -0.610. The van der Waals surface area contributed by atoms with Crippen LogP contribution in [0.25, 0.3) is 0 Å². The van der Waals surface area contributed by atoms with Crippen LogP contribution in [0, 0.1) is 11.8 Å². The van der Waals surface area contributed by atoms with E-state index in [1.807, 2.05) is 0 Å². The molecule has 0 spiro atoms. The molecule has 4 atom stereocenters. The molecule has 21 heavy (non-hydrogen) atoms. The Morgan fingerprint density at radius 3 is 2.81 bits per heavy atom. The van der Waals surface area contributed by atoms with Gasteiger partial charge < -0.3 is 14.4 Å². The Labute approximate surface area is 128 Å². The summed E-state index contributed by atoms with van der Waals surface area (Å²) in [5.74, 6) is 1.68. The summed E-state index contributed by atoms with van der Waals surface area (Å²) < 4.78 is 11.4. The molecule has 1 saturated heterocycles. The molecule has 3 rings (SSSR count). The zero-order valence-corrected chi connectivity index (χ0v) is 13.4. The maximum absolute atomic E-state index is 12.8. The van der Waals surface area contributed by atoms with Crippen LogP contribution >= 0.6 is 0 Å². The van der Waals surface area contributed by atoms with E-state index in [2.05, 4.69) is 11.8 Å². The van der Waals surface area contributed by atoms with Crippen LogP contribution in [0.1, 0.15) is 51.9 Å². The zero-order chi connectivity index (χ0) is 14.8. The van der Waals surface area contributed by atoms with Crippen molar-refractivity contribution in [1.82, 2.24) is 4.90 Å². The molecule has 3 aliphatic rings. The number of morpholine rings is 1. The van der Waals surface area contributed by atoms with Gasteiger partial charge in [0.2, 0.25) is 0 Å². The number of ether oxygens (including phenoxy) is 2. The van der Waals surface area contributed by atoms with Gasteiger partial charge in [0.25, 0.3) is 5.91 Å². The second-order valence-electron chi connectivity index (χ2n) is 7.21. The maximum Gasteiger partial charge on any atom is 0.252 e. The van der Waals surface area contributed by atoms with E-state index in [-0.39, 0.29) is 18.1 Å². The van der Waals surface area contributed by atoms with Crippen molar-refractivity contribution in [2.75, 3.05) is 20.3 Å². The third-order valence-corrected chi connectivity index (χ3v) is 5.31. The van der Waals surface area contributed by atoms with Gasteiger partial charge in [-0.05, 0) is 43.9 Å². The monoisotopic (exact) mass is 295 g/mol. The molecule has 0 N–H and O–H groups in total. The van der Waals surface area contributed by atoms with E-state index < -0.39 is 0 Å². The number of amides is 1. The molecule has 120 valence electrons. The van der Waals surface area contributed by atoms with Gasteiger partial charge in [-0.15, -0.1) is 0 Å². The Bertz CT molecular complexity index is 369. The molecule has 1 amide bonds. The molecular weight excluding hydrogens is 266 g/mol. The number of nitrogens with zero attached hydrogens (tertiary/aromatic N) is 1. The van der Waals surface area contributed by atoms with Gasteiger partial charge in [0.1, 0.15) is 6.10 Å². The van der Waals surface area contributed by atoms with Crippen LogP contribution in [-0.2, 0) is 14.3 Å². The molecule has 0 aromatic heterocycles. The van der Waals surface area contributed by atoms with Crippen LogP contribution < -0.4 is 0 Å². The molecule has 4 nitrogen and oxygen atoms in total. The van der Waals surface area contributed by atoms with Gasteiger partial charge in [-0.1, -0.05) is 19.8 Å². The fraction of sp³-hybridized carbons (Fsp3) is 0.941. The normalized spacial score (nSPS) is 36.7. The highest BCUT2D eigenvalue weighted by Gasteiger charge is 2.45. The second kappa shape index (κ2) is 6.66. The lowest BCUT2D eigenvalue weighted by Gasteiger charge is -2.48. The van der Waals surface area contributed by atoms with Crippen molar-refractivity contribution in [3.05, 3.63) is 0 Å². The van der Waals surface area contributed by atoms with Crippen LogP contribution in [0.4, 0.5) is 0 Å². The van der Waals surface area contributed by atoms with E-state index in [9.17, 15) is 4.79 Å². The SMILES string of the molecule is COCCCN1C(=O)C(CC2CC2)O[C@H]2CC[C@@H](C)CC21. The van der Waals surface area contributed by atoms with Gasteiger partial charge in [0.05, 0.1) is 12.1 Å². The number of carbonyl (C=O) groups excluding carboxylic acids is 1. The number of hydrogen-bond acceptors (Lipinski definition) is 3. The molecule has 3 fully saturated rings. The highest BCUT2D eigenvalue weighted by molar-refractivity contribution is 5.82. The summed E-state index contributed by atoms with van der Waals surface area (Å²) in [6.45, 7) is 3.85. The smallest absolute Gasteiger partial charge is 0.252 e. The summed E-state index contributed by atoms with van der Waals surface area (Å²) in [5.41, 5.74) is 0. The summed E-state index contributed by atoms with van der Waals surface area (Å²) >= 11 is 0. The number of methoxy groups -OCH3 is 1. The minimum Gasteiger partial charge on any atom is -0.385 e. The largest absolute Gasteiger partial charge is 0.385 e. The van der Waals surface area contributed by atoms with Crippen LogP contribution in [0.5, 0.6) is 0 Å². The van der Waals surface area contributed by atoms with Crippen LogP contribution in [0.15, 0.2) is 0 Å². The second-order valence-corrected chi connectivity index (χ2v) is 7.21. The first-order valence-electron chi connectivity index (χ1n) is 8.64. The lowest BCUT2D eigenvalue weighted by molar-refractivity contribution is -0.180. The van der Waals surface area contributed by atoms with Crippen molar-refractivity contribution in [2.45, 2.75) is 70.1 Å². The minimum atomic E-state index is -0.172. The first kappa shape index (κ1) is 15.3. The summed E-state index contributed by atoms with van der Waals surface area (Å²) in [7, 11) is 1.72. The Morgan fingerprint density at radius 1 is 1.29 bits per heavy atom. The van der Waals surface area contributed by atoms with Gasteiger partial charge in [-0.3, -0.25) is 4.79 Å². The van der Waals surface area contributed by atoms with Gasteiger partial charge in [-0.25, -0.2) is 0 Å². The molecule has 0 aromatic rings. The first-order valence-corrected chi connectivity index (χ1v) is 8.64. The summed E-state index contributed by atoms with van der Waals surface area (Å²) in [6, 6.07) is 0.300. The number of fused-ring (bicyclic) bond motifs is 1. The van der Waals surface area contributed by atoms with Crippen molar-refractivity contribution in [3.63, 3.8) is 0 Å². The highest BCUT2D eigenvalue weighted by atomic mass is 16.5. The molecule has 0 radical (unpaired) electrons. The van der Waals surface area contributed by atoms with Crippen molar-refractivity contribution in [1.29, 1.82) is 0 Å². The fourth-order valence-corrected chi connectivity index (χ4v) is 3.90. The van der Waals surface area contributed by atoms with E-state index >= 15 is 0 Å². The van der Waals surface area contributed by atoms with E-state index in [1.54, 1.807) is 7.11 Å². The van der Waals surface area contributed by atoms with Crippen molar-refractivity contribution in [3.8, 4) is 0 Å². The van der Waals surface area contributed by atoms with Gasteiger partial charge >= 0.3 is 0 Å². The minimum absolute atomic E-state index is 0.172. The molecule has 1 aliphatic heterocycles. The Balaban J connectivity index is 1.68. The first-order chi connectivity index (χ1) is 10.2. The third kappa shape index (κ3) is 3.59. The predicted molar refractivity (Wildman–Crippen MR) is 81.0 cm³/mol. The summed E-state index contributed by atoms with van der Waals surface area (Å²) in [4.78, 5) is 14.9. The molecule has 1 heterocycles. The van der Waals surface area contributed by atoms with Gasteiger partial charge in [0.15, 0.2) is 0 Å². The van der Waals surface area contributed by atoms with Crippen LogP contribution in [-0.4, -0.2) is 49.3 Å². The van der Waals surface area contributed by atoms with Crippen LogP contribution in [0.2, 0.25) is 0 Å². The zero-order valence-electron chi connectivity index (χ0n) is 13.4. The molecule has 0 bridgehead atoms. The van der Waals surface area contributed by atoms with Crippen LogP contribution in [0.3, 0.4) is 0 Å². The summed E-state index contributed by atoms with van der Waals surface area (Å²) in [5, 5.41) is 0. The standard InChI is InChI=1S/C17H29NO3/c1-12-4-7-15-14(10-12)18(8-3-9-20-2)17(19)16(21-15)11-13-5-6-13/h12-16H,3-11H2,1-2H3/t12-,14?,15+,16?/m1/s1. The number of rotatable bonds is 6. The van der Waals surface area contributed by atoms with Crippen molar-refractivity contribution < 1.29 is 14.3 Å². The lowest BCUT2D eigenvalue weighted by atomic mass is 9.82. The Kier molecular flexibility index (Phi) is 4.85. The molecule has 2 unspecified atom stereocenters. The maximum atomic E-state index is 12.8. The number of carbonyl (C=O) groups is 1. The van der Waals surface area contributed by atoms with E-state index in [0.717, 1.165) is 44.8 Å². The Morgan fingerprint density at radius 2 is 2.10 bits per heavy atom. The molecule has 4 heteroatoms. The summed E-state index contributed by atoms with van der Waals surface area (Å²) in [6.07, 6.45) is 7.97. The third-order valence-electron chi connectivity index (χ3n) is 5.31. The molecule has 2 aliphatic carbocycles. The van der Waals surface area contributed by atoms with Crippen molar-refractivity contribution in [2.24, 2.45) is 11.8 Å². The molecular formula is C17H29NO3. The fourth-order valence-electron chi connectivity index (χ4n) is 3.90. The average molecular weight is 295 g/mol.